The lowest BCUT2D eigenvalue weighted by Gasteiger charge is -2.34. The van der Waals surface area contributed by atoms with Gasteiger partial charge in [-0.2, -0.15) is 0 Å². The van der Waals surface area contributed by atoms with Gasteiger partial charge in [0.15, 0.2) is 0 Å². The SMILES string of the molecule is Cc1nccn1-c1cc(C2(C)CCCCC2)ccn1. The van der Waals surface area contributed by atoms with Crippen molar-refractivity contribution < 1.29 is 0 Å². The maximum absolute atomic E-state index is 4.49. The summed E-state index contributed by atoms with van der Waals surface area (Å²) < 4.78 is 2.05. The van der Waals surface area contributed by atoms with Crippen molar-refractivity contribution in [2.24, 2.45) is 0 Å². The van der Waals surface area contributed by atoms with Crippen LogP contribution in [0.25, 0.3) is 5.82 Å². The Kier molecular flexibility index (Phi) is 3.13. The molecule has 0 aromatic carbocycles. The van der Waals surface area contributed by atoms with E-state index in [4.69, 9.17) is 0 Å². The first-order valence-electron chi connectivity index (χ1n) is 7.16. The van der Waals surface area contributed by atoms with Crippen LogP contribution in [0, 0.1) is 6.92 Å². The number of aryl methyl sites for hydroxylation is 1. The van der Waals surface area contributed by atoms with Gasteiger partial charge in [-0.25, -0.2) is 9.97 Å². The summed E-state index contributed by atoms with van der Waals surface area (Å²) in [4.78, 5) is 8.77. The summed E-state index contributed by atoms with van der Waals surface area (Å²) in [6, 6.07) is 4.42. The monoisotopic (exact) mass is 255 g/mol. The Hall–Kier alpha value is -1.64. The van der Waals surface area contributed by atoms with Crippen LogP contribution in [0.3, 0.4) is 0 Å². The quantitative estimate of drug-likeness (QED) is 0.817. The van der Waals surface area contributed by atoms with Crippen molar-refractivity contribution >= 4 is 0 Å². The van der Waals surface area contributed by atoms with Gasteiger partial charge in [0.1, 0.15) is 11.6 Å². The van der Waals surface area contributed by atoms with Crippen molar-refractivity contribution in [2.45, 2.75) is 51.4 Å². The van der Waals surface area contributed by atoms with Gasteiger partial charge in [0.2, 0.25) is 0 Å². The minimum absolute atomic E-state index is 0.324. The minimum atomic E-state index is 0.324. The molecule has 0 unspecified atom stereocenters. The molecule has 1 saturated carbocycles. The Morgan fingerprint density at radius 3 is 2.58 bits per heavy atom. The van der Waals surface area contributed by atoms with Crippen molar-refractivity contribution in [3.8, 4) is 5.82 Å². The highest BCUT2D eigenvalue weighted by Crippen LogP contribution is 2.39. The van der Waals surface area contributed by atoms with Gasteiger partial charge in [-0.05, 0) is 42.9 Å². The molecule has 0 atom stereocenters. The molecule has 0 spiro atoms. The molecule has 1 aliphatic rings. The standard InChI is InChI=1S/C16H21N3/c1-13-17-10-11-19(13)15-12-14(6-9-18-15)16(2)7-4-3-5-8-16/h6,9-12H,3-5,7-8H2,1-2H3. The molecule has 2 heterocycles. The first-order valence-corrected chi connectivity index (χ1v) is 7.16. The van der Waals surface area contributed by atoms with E-state index in [0.717, 1.165) is 11.6 Å². The average molecular weight is 255 g/mol. The Morgan fingerprint density at radius 2 is 1.89 bits per heavy atom. The Bertz CT molecular complexity index is 565. The number of rotatable bonds is 2. The number of nitrogens with zero attached hydrogens (tertiary/aromatic N) is 3. The average Bonchev–Trinajstić information content (AvgIpc) is 2.86. The maximum atomic E-state index is 4.49. The second-order valence-electron chi connectivity index (χ2n) is 5.87. The largest absolute Gasteiger partial charge is 0.288 e. The molecule has 19 heavy (non-hydrogen) atoms. The highest BCUT2D eigenvalue weighted by molar-refractivity contribution is 5.34. The van der Waals surface area contributed by atoms with Gasteiger partial charge in [0.25, 0.3) is 0 Å². The third kappa shape index (κ3) is 2.29. The summed E-state index contributed by atoms with van der Waals surface area (Å²) in [7, 11) is 0. The fourth-order valence-electron chi connectivity index (χ4n) is 3.17. The lowest BCUT2D eigenvalue weighted by molar-refractivity contribution is 0.319. The zero-order valence-corrected chi connectivity index (χ0v) is 11.8. The smallest absolute Gasteiger partial charge is 0.138 e. The molecule has 2 aromatic rings. The van der Waals surface area contributed by atoms with Crippen molar-refractivity contribution in [3.63, 3.8) is 0 Å². The Balaban J connectivity index is 1.98. The van der Waals surface area contributed by atoms with Crippen LogP contribution < -0.4 is 0 Å². The molecular weight excluding hydrogens is 234 g/mol. The van der Waals surface area contributed by atoms with Crippen molar-refractivity contribution in [1.82, 2.24) is 14.5 Å². The highest BCUT2D eigenvalue weighted by atomic mass is 15.1. The summed E-state index contributed by atoms with van der Waals surface area (Å²) >= 11 is 0. The van der Waals surface area contributed by atoms with Crippen LogP contribution >= 0.6 is 0 Å². The summed E-state index contributed by atoms with van der Waals surface area (Å²) in [6.07, 6.45) is 12.4. The van der Waals surface area contributed by atoms with Crippen molar-refractivity contribution in [3.05, 3.63) is 42.1 Å². The molecule has 0 radical (unpaired) electrons. The zero-order chi connectivity index (χ0) is 13.3. The second kappa shape index (κ2) is 4.80. The molecule has 3 rings (SSSR count). The first kappa shape index (κ1) is 12.4. The van der Waals surface area contributed by atoms with E-state index >= 15 is 0 Å². The van der Waals surface area contributed by atoms with Gasteiger partial charge in [-0.3, -0.25) is 4.57 Å². The fraction of sp³-hybridized carbons (Fsp3) is 0.500. The van der Waals surface area contributed by atoms with Crippen molar-refractivity contribution in [2.75, 3.05) is 0 Å². The van der Waals surface area contributed by atoms with Crippen LogP contribution in [-0.4, -0.2) is 14.5 Å². The van der Waals surface area contributed by atoms with Gasteiger partial charge in [-0.1, -0.05) is 26.2 Å². The third-order valence-corrected chi connectivity index (χ3v) is 4.47. The summed E-state index contributed by atoms with van der Waals surface area (Å²) in [5.74, 6) is 1.97. The number of pyridine rings is 1. The van der Waals surface area contributed by atoms with Crippen LogP contribution in [0.2, 0.25) is 0 Å². The molecule has 0 amide bonds. The van der Waals surface area contributed by atoms with E-state index in [-0.39, 0.29) is 0 Å². The fourth-order valence-corrected chi connectivity index (χ4v) is 3.17. The zero-order valence-electron chi connectivity index (χ0n) is 11.8. The summed E-state index contributed by atoms with van der Waals surface area (Å²) in [5.41, 5.74) is 1.75. The lowest BCUT2D eigenvalue weighted by Crippen LogP contribution is -2.25. The topological polar surface area (TPSA) is 30.7 Å². The molecule has 100 valence electrons. The molecule has 0 aliphatic heterocycles. The molecule has 1 aliphatic carbocycles. The highest BCUT2D eigenvalue weighted by Gasteiger charge is 2.29. The number of imidazole rings is 1. The molecule has 0 N–H and O–H groups in total. The number of hydrogen-bond donors (Lipinski definition) is 0. The van der Waals surface area contributed by atoms with Crippen molar-refractivity contribution in [1.29, 1.82) is 0 Å². The van der Waals surface area contributed by atoms with Crippen LogP contribution in [0.5, 0.6) is 0 Å². The van der Waals surface area contributed by atoms with E-state index in [1.165, 1.54) is 37.7 Å². The Labute approximate surface area is 114 Å². The normalized spacial score (nSPS) is 18.4. The van der Waals surface area contributed by atoms with Crippen LogP contribution in [0.15, 0.2) is 30.7 Å². The van der Waals surface area contributed by atoms with E-state index in [1.54, 1.807) is 0 Å². The number of aromatic nitrogens is 3. The van der Waals surface area contributed by atoms with Crippen LogP contribution in [0.1, 0.15) is 50.4 Å². The molecule has 3 nitrogen and oxygen atoms in total. The van der Waals surface area contributed by atoms with Gasteiger partial charge in [-0.15, -0.1) is 0 Å². The van der Waals surface area contributed by atoms with E-state index in [1.807, 2.05) is 25.5 Å². The van der Waals surface area contributed by atoms with Gasteiger partial charge in [0, 0.05) is 18.6 Å². The molecular formula is C16H21N3. The van der Waals surface area contributed by atoms with Crippen LogP contribution in [-0.2, 0) is 5.41 Å². The summed E-state index contributed by atoms with van der Waals surface area (Å²) in [6.45, 7) is 4.41. The first-order chi connectivity index (χ1) is 9.19. The van der Waals surface area contributed by atoms with E-state index < -0.39 is 0 Å². The van der Waals surface area contributed by atoms with Crippen LogP contribution in [0.4, 0.5) is 0 Å². The lowest BCUT2D eigenvalue weighted by atomic mass is 9.71. The van der Waals surface area contributed by atoms with E-state index in [9.17, 15) is 0 Å². The molecule has 2 aromatic heterocycles. The Morgan fingerprint density at radius 1 is 1.11 bits per heavy atom. The second-order valence-corrected chi connectivity index (χ2v) is 5.87. The summed E-state index contributed by atoms with van der Waals surface area (Å²) in [5, 5.41) is 0. The number of hydrogen-bond acceptors (Lipinski definition) is 2. The third-order valence-electron chi connectivity index (χ3n) is 4.47. The van der Waals surface area contributed by atoms with Gasteiger partial charge in [0.05, 0.1) is 0 Å². The molecule has 0 bridgehead atoms. The maximum Gasteiger partial charge on any atom is 0.138 e. The molecule has 1 fully saturated rings. The predicted molar refractivity (Wildman–Crippen MR) is 76.5 cm³/mol. The minimum Gasteiger partial charge on any atom is -0.288 e. The molecule has 3 heteroatoms. The van der Waals surface area contributed by atoms with E-state index in [2.05, 4.69) is 33.6 Å². The predicted octanol–water partition coefficient (Wildman–Crippen LogP) is 3.80. The molecule has 0 saturated heterocycles. The van der Waals surface area contributed by atoms with Gasteiger partial charge >= 0.3 is 0 Å². The van der Waals surface area contributed by atoms with Gasteiger partial charge < -0.3 is 0 Å². The van der Waals surface area contributed by atoms with E-state index in [0.29, 0.717) is 5.41 Å².